The van der Waals surface area contributed by atoms with Crippen LogP contribution >= 0.6 is 0 Å². The lowest BCUT2D eigenvalue weighted by molar-refractivity contribution is 0.0962. The summed E-state index contributed by atoms with van der Waals surface area (Å²) in [6, 6.07) is 0.933. The van der Waals surface area contributed by atoms with Crippen LogP contribution < -0.4 is 5.63 Å². The molecule has 0 fully saturated rings. The standard InChI is InChI=1S/C9H8O4/c10-5-2-1-3-7-9(5)6(11)4-8(12)13-7/h4,11H,1-3H2. The molecule has 1 aromatic heterocycles. The van der Waals surface area contributed by atoms with Crippen molar-refractivity contribution >= 4 is 5.78 Å². The molecule has 0 amide bonds. The molecule has 13 heavy (non-hydrogen) atoms. The molecule has 4 nitrogen and oxygen atoms in total. The molecule has 2 rings (SSSR count). The Morgan fingerprint density at radius 2 is 2.08 bits per heavy atom. The van der Waals surface area contributed by atoms with E-state index in [1.165, 1.54) is 0 Å². The van der Waals surface area contributed by atoms with Crippen LogP contribution in [-0.4, -0.2) is 10.9 Å². The van der Waals surface area contributed by atoms with Crippen LogP contribution in [-0.2, 0) is 6.42 Å². The highest BCUT2D eigenvalue weighted by Crippen LogP contribution is 2.26. The lowest BCUT2D eigenvalue weighted by atomic mass is 9.95. The molecule has 0 aromatic carbocycles. The molecule has 1 aliphatic carbocycles. The van der Waals surface area contributed by atoms with E-state index in [-0.39, 0.29) is 17.1 Å². The maximum absolute atomic E-state index is 11.3. The zero-order valence-corrected chi connectivity index (χ0v) is 6.87. The van der Waals surface area contributed by atoms with Crippen LogP contribution in [0.15, 0.2) is 15.3 Å². The number of ketones is 1. The predicted molar refractivity (Wildman–Crippen MR) is 43.9 cm³/mol. The fraction of sp³-hybridized carbons (Fsp3) is 0.333. The molecule has 0 saturated carbocycles. The molecule has 1 aliphatic rings. The molecule has 0 spiro atoms. The predicted octanol–water partition coefficient (Wildman–Crippen LogP) is 0.864. The summed E-state index contributed by atoms with van der Waals surface area (Å²) < 4.78 is 4.81. The Kier molecular flexibility index (Phi) is 1.69. The molecule has 1 heterocycles. The van der Waals surface area contributed by atoms with Crippen LogP contribution in [0.3, 0.4) is 0 Å². The molecule has 0 saturated heterocycles. The van der Waals surface area contributed by atoms with Gasteiger partial charge in [0.15, 0.2) is 5.78 Å². The number of hydrogen-bond donors (Lipinski definition) is 1. The minimum atomic E-state index is -0.606. The van der Waals surface area contributed by atoms with E-state index < -0.39 is 5.63 Å². The Morgan fingerprint density at radius 1 is 1.31 bits per heavy atom. The quantitative estimate of drug-likeness (QED) is 0.643. The average Bonchev–Trinajstić information content (AvgIpc) is 2.02. The summed E-state index contributed by atoms with van der Waals surface area (Å²) in [4.78, 5) is 22.1. The normalized spacial score (nSPS) is 15.5. The van der Waals surface area contributed by atoms with Crippen molar-refractivity contribution in [1.29, 1.82) is 0 Å². The van der Waals surface area contributed by atoms with Crippen LogP contribution in [0.25, 0.3) is 0 Å². The highest BCUT2D eigenvalue weighted by Gasteiger charge is 2.23. The Morgan fingerprint density at radius 3 is 2.85 bits per heavy atom. The van der Waals surface area contributed by atoms with Crippen molar-refractivity contribution in [3.05, 3.63) is 27.8 Å². The Hall–Kier alpha value is -1.58. The molecule has 0 unspecified atom stereocenters. The van der Waals surface area contributed by atoms with E-state index in [0.717, 1.165) is 6.07 Å². The second-order valence-corrected chi connectivity index (χ2v) is 3.03. The second-order valence-electron chi connectivity index (χ2n) is 3.03. The van der Waals surface area contributed by atoms with E-state index in [0.29, 0.717) is 25.0 Å². The van der Waals surface area contributed by atoms with Gasteiger partial charge in [-0.3, -0.25) is 4.79 Å². The monoisotopic (exact) mass is 180 g/mol. The number of carbonyl (C=O) groups excluding carboxylic acids is 1. The molecule has 1 N–H and O–H groups in total. The van der Waals surface area contributed by atoms with Gasteiger partial charge in [-0.25, -0.2) is 4.79 Å². The van der Waals surface area contributed by atoms with Gasteiger partial charge in [0, 0.05) is 12.8 Å². The van der Waals surface area contributed by atoms with Crippen molar-refractivity contribution in [3.8, 4) is 5.75 Å². The van der Waals surface area contributed by atoms with Crippen molar-refractivity contribution < 1.29 is 14.3 Å². The Labute approximate surface area is 73.8 Å². The fourth-order valence-corrected chi connectivity index (χ4v) is 1.54. The van der Waals surface area contributed by atoms with Gasteiger partial charge in [-0.15, -0.1) is 0 Å². The first-order valence-corrected chi connectivity index (χ1v) is 4.07. The maximum Gasteiger partial charge on any atom is 0.339 e. The summed E-state index contributed by atoms with van der Waals surface area (Å²) in [5.41, 5.74) is -0.420. The van der Waals surface area contributed by atoms with E-state index in [4.69, 9.17) is 4.42 Å². The average molecular weight is 180 g/mol. The summed E-state index contributed by atoms with van der Waals surface area (Å²) in [6.45, 7) is 0. The second kappa shape index (κ2) is 2.73. The third-order valence-corrected chi connectivity index (χ3v) is 2.10. The highest BCUT2D eigenvalue weighted by atomic mass is 16.4. The Bertz CT molecular complexity index is 416. The first kappa shape index (κ1) is 8.04. The third kappa shape index (κ3) is 1.24. The molecule has 0 aliphatic heterocycles. The van der Waals surface area contributed by atoms with Gasteiger partial charge in [-0.2, -0.15) is 0 Å². The van der Waals surface area contributed by atoms with Crippen LogP contribution in [0.2, 0.25) is 0 Å². The molecule has 68 valence electrons. The topological polar surface area (TPSA) is 67.5 Å². The summed E-state index contributed by atoms with van der Waals surface area (Å²) in [5.74, 6) is -0.0836. The summed E-state index contributed by atoms with van der Waals surface area (Å²) in [7, 11) is 0. The van der Waals surface area contributed by atoms with Crippen molar-refractivity contribution in [2.75, 3.05) is 0 Å². The number of carbonyl (C=O) groups is 1. The van der Waals surface area contributed by atoms with Gasteiger partial charge in [-0.05, 0) is 6.42 Å². The van der Waals surface area contributed by atoms with Crippen LogP contribution in [0.5, 0.6) is 5.75 Å². The SMILES string of the molecule is O=C1CCCc2oc(=O)cc(O)c21. The van der Waals surface area contributed by atoms with Gasteiger partial charge in [0.2, 0.25) is 0 Å². The first-order chi connectivity index (χ1) is 6.18. The molecule has 0 atom stereocenters. The van der Waals surface area contributed by atoms with Crippen LogP contribution in [0, 0.1) is 0 Å². The molecular weight excluding hydrogens is 172 g/mol. The van der Waals surface area contributed by atoms with Gasteiger partial charge in [0.25, 0.3) is 0 Å². The maximum atomic E-state index is 11.3. The molecular formula is C9H8O4. The number of hydrogen-bond acceptors (Lipinski definition) is 4. The minimum absolute atomic E-state index is 0.150. The smallest absolute Gasteiger partial charge is 0.339 e. The fourth-order valence-electron chi connectivity index (χ4n) is 1.54. The number of rotatable bonds is 0. The molecule has 4 heteroatoms. The van der Waals surface area contributed by atoms with Crippen molar-refractivity contribution in [2.45, 2.75) is 19.3 Å². The zero-order valence-electron chi connectivity index (χ0n) is 6.87. The van der Waals surface area contributed by atoms with Gasteiger partial charge >= 0.3 is 5.63 Å². The highest BCUT2D eigenvalue weighted by molar-refractivity contribution is 6.00. The molecule has 0 radical (unpaired) electrons. The summed E-state index contributed by atoms with van der Waals surface area (Å²) in [6.07, 6.45) is 1.64. The van der Waals surface area contributed by atoms with E-state index in [1.807, 2.05) is 0 Å². The van der Waals surface area contributed by atoms with E-state index in [9.17, 15) is 14.7 Å². The third-order valence-electron chi connectivity index (χ3n) is 2.10. The van der Waals surface area contributed by atoms with Crippen molar-refractivity contribution in [3.63, 3.8) is 0 Å². The molecule has 1 aromatic rings. The van der Waals surface area contributed by atoms with Crippen LogP contribution in [0.1, 0.15) is 29.0 Å². The first-order valence-electron chi connectivity index (χ1n) is 4.07. The van der Waals surface area contributed by atoms with Crippen molar-refractivity contribution in [1.82, 2.24) is 0 Å². The van der Waals surface area contributed by atoms with Gasteiger partial charge in [-0.1, -0.05) is 0 Å². The summed E-state index contributed by atoms with van der Waals surface area (Å²) >= 11 is 0. The summed E-state index contributed by atoms with van der Waals surface area (Å²) in [5, 5.41) is 9.33. The number of fused-ring (bicyclic) bond motifs is 1. The van der Waals surface area contributed by atoms with Crippen molar-refractivity contribution in [2.24, 2.45) is 0 Å². The van der Waals surface area contributed by atoms with Gasteiger partial charge < -0.3 is 9.52 Å². The minimum Gasteiger partial charge on any atom is -0.507 e. The van der Waals surface area contributed by atoms with E-state index in [2.05, 4.69) is 0 Å². The van der Waals surface area contributed by atoms with Crippen LogP contribution in [0.4, 0.5) is 0 Å². The zero-order chi connectivity index (χ0) is 9.42. The number of aromatic hydroxyl groups is 1. The lowest BCUT2D eigenvalue weighted by Gasteiger charge is -2.12. The van der Waals surface area contributed by atoms with Gasteiger partial charge in [0.1, 0.15) is 11.5 Å². The number of aryl methyl sites for hydroxylation is 1. The Balaban J connectivity index is 2.70. The van der Waals surface area contributed by atoms with E-state index in [1.54, 1.807) is 0 Å². The largest absolute Gasteiger partial charge is 0.507 e. The lowest BCUT2D eigenvalue weighted by Crippen LogP contribution is -2.14. The number of Topliss-reactive ketones (excluding diaryl/α,β-unsaturated/α-hetero) is 1. The van der Waals surface area contributed by atoms with Gasteiger partial charge in [0.05, 0.1) is 11.6 Å². The van der Waals surface area contributed by atoms with E-state index >= 15 is 0 Å². The molecule has 0 bridgehead atoms.